The van der Waals surface area contributed by atoms with Crippen LogP contribution in [0.4, 0.5) is 5.82 Å². The zero-order chi connectivity index (χ0) is 24.8. The van der Waals surface area contributed by atoms with Crippen LogP contribution in [0.25, 0.3) is 11.2 Å². The van der Waals surface area contributed by atoms with E-state index < -0.39 is 61.8 Å². The highest BCUT2D eigenvalue weighted by atomic mass is 32.2. The van der Waals surface area contributed by atoms with Gasteiger partial charge < -0.3 is 44.5 Å². The smallest absolute Gasteiger partial charge is 0.387 e. The number of hydrogen-bond donors (Lipinski definition) is 6. The van der Waals surface area contributed by atoms with E-state index in [2.05, 4.69) is 23.6 Å². The van der Waals surface area contributed by atoms with Crippen molar-refractivity contribution in [2.75, 3.05) is 18.6 Å². The van der Waals surface area contributed by atoms with Gasteiger partial charge in [0.2, 0.25) is 0 Å². The third-order valence-corrected chi connectivity index (χ3v) is 7.89. The van der Waals surface area contributed by atoms with Gasteiger partial charge in [-0.3, -0.25) is 4.57 Å². The first-order valence-electron chi connectivity index (χ1n) is 8.26. The predicted octanol–water partition coefficient (Wildman–Crippen LogP) is -1.53. The van der Waals surface area contributed by atoms with Crippen LogP contribution in [-0.4, -0.2) is 83.2 Å². The van der Waals surface area contributed by atoms with Crippen molar-refractivity contribution in [1.82, 2.24) is 19.5 Å². The molecule has 0 amide bonds. The van der Waals surface area contributed by atoms with Crippen LogP contribution in [0.15, 0.2) is 11.5 Å². The summed E-state index contributed by atoms with van der Waals surface area (Å²) in [6, 6.07) is 0. The Kier molecular flexibility index (Phi) is 7.79. The molecule has 22 heteroatoms. The van der Waals surface area contributed by atoms with E-state index in [0.29, 0.717) is 5.16 Å². The van der Waals surface area contributed by atoms with Crippen molar-refractivity contribution in [3.8, 4) is 0 Å². The topological polar surface area (TPSA) is 259 Å². The van der Waals surface area contributed by atoms with Crippen molar-refractivity contribution in [3.63, 3.8) is 0 Å². The molecule has 7 N–H and O–H groups in total. The van der Waals surface area contributed by atoms with Gasteiger partial charge in [0, 0.05) is 0 Å². The molecule has 33 heavy (non-hydrogen) atoms. The summed E-state index contributed by atoms with van der Waals surface area (Å²) in [5, 5.41) is 21.1. The number of anilines is 1. The Balaban J connectivity index is 1.73. The number of aliphatic hydroxyl groups excluding tert-OH is 2. The number of hydrogen-bond acceptors (Lipinski definition) is 14. The molecule has 1 saturated heterocycles. The van der Waals surface area contributed by atoms with Crippen molar-refractivity contribution in [2.24, 2.45) is 0 Å². The van der Waals surface area contributed by atoms with Gasteiger partial charge in [0.15, 0.2) is 30.3 Å². The standard InChI is InChI=1S/C11H20BN5O12P3S/c1-33-11-15-8(13)5-9(16-11)17(3-14-5)10-7(19)6(18)4(27-10)2-26-30(12,20)28-32(24,25)29-31(21,22)23/h3-4,6-7,10,18-19H,2H2,1,12H3,(H,24,25)(H2,13,15,16)(H2,21,22,23)/q-1/t4-,6-,7-,10-,30-/m1/s1. The molecule has 186 valence electrons. The van der Waals surface area contributed by atoms with Crippen molar-refractivity contribution >= 4 is 59.4 Å². The van der Waals surface area contributed by atoms with Crippen molar-refractivity contribution in [1.29, 1.82) is 0 Å². The lowest BCUT2D eigenvalue weighted by atomic mass is 10.1. The van der Waals surface area contributed by atoms with Gasteiger partial charge in [0.1, 0.15) is 23.8 Å². The fraction of sp³-hybridized carbons (Fsp3) is 0.545. The number of nitrogens with zero attached hydrogens (tertiary/aromatic N) is 4. The Morgan fingerprint density at radius 2 is 1.88 bits per heavy atom. The van der Waals surface area contributed by atoms with Gasteiger partial charge in [0.05, 0.1) is 20.5 Å². The molecule has 1 aliphatic heterocycles. The van der Waals surface area contributed by atoms with Crippen LogP contribution < -0.4 is 5.73 Å². The molecule has 0 bridgehead atoms. The van der Waals surface area contributed by atoms with E-state index in [9.17, 15) is 28.8 Å². The van der Waals surface area contributed by atoms with E-state index in [1.54, 1.807) is 6.26 Å². The third kappa shape index (κ3) is 6.41. The second-order valence-electron chi connectivity index (χ2n) is 6.11. The van der Waals surface area contributed by atoms with E-state index in [4.69, 9.17) is 24.8 Å². The average Bonchev–Trinajstić information content (AvgIpc) is 3.19. The number of nitrogen functional groups attached to an aromatic ring is 1. The number of fused-ring (bicyclic) bond motifs is 1. The molecule has 0 radical (unpaired) electrons. The van der Waals surface area contributed by atoms with Crippen LogP contribution in [0.2, 0.25) is 0 Å². The van der Waals surface area contributed by atoms with Crippen LogP contribution in [0.3, 0.4) is 0 Å². The van der Waals surface area contributed by atoms with Gasteiger partial charge >= 0.3 is 15.6 Å². The van der Waals surface area contributed by atoms with Gasteiger partial charge in [-0.2, -0.15) is 4.31 Å². The molecule has 0 aromatic carbocycles. The second kappa shape index (κ2) is 9.62. The molecule has 1 fully saturated rings. The molecule has 1 unspecified atom stereocenters. The monoisotopic (exact) mass is 550 g/mol. The van der Waals surface area contributed by atoms with Crippen LogP contribution in [0, 0.1) is 0 Å². The second-order valence-corrected chi connectivity index (χ2v) is 10.8. The summed E-state index contributed by atoms with van der Waals surface area (Å²) in [6.45, 7) is -0.648. The maximum Gasteiger partial charge on any atom is 0.485 e. The van der Waals surface area contributed by atoms with Gasteiger partial charge in [-0.15, -0.1) is 0 Å². The quantitative estimate of drug-likeness (QED) is 0.0895. The molecule has 17 nitrogen and oxygen atoms in total. The van der Waals surface area contributed by atoms with E-state index in [1.807, 2.05) is 0 Å². The van der Waals surface area contributed by atoms with Gasteiger partial charge in [0.25, 0.3) is 0 Å². The molecule has 0 saturated carbocycles. The lowest BCUT2D eigenvalue weighted by molar-refractivity contribution is -0.0479. The minimum Gasteiger partial charge on any atom is -0.387 e. The SMILES string of the molecule is [BH3-][P@@](=O)(OC[C@H]1O[C@@H](n2cnc3c(N)nc(SC)nc32)[C@H](O)[C@@H]1O)OP(=O)(O)OP(=O)(O)O. The summed E-state index contributed by atoms with van der Waals surface area (Å²) < 4.78 is 54.6. The number of phosphoric acid groups is 2. The summed E-state index contributed by atoms with van der Waals surface area (Å²) >= 11 is 1.22. The molecular formula is C11H20BN5O12P3S-. The maximum absolute atomic E-state index is 12.4. The van der Waals surface area contributed by atoms with E-state index in [1.165, 1.54) is 22.7 Å². The molecule has 2 aromatic heterocycles. The molecule has 2 aromatic rings. The summed E-state index contributed by atoms with van der Waals surface area (Å²) in [6.07, 6.45) is -2.51. The van der Waals surface area contributed by atoms with Gasteiger partial charge in [-0.05, 0) is 6.26 Å². The van der Waals surface area contributed by atoms with E-state index >= 15 is 0 Å². The molecule has 6 atom stereocenters. The fourth-order valence-corrected chi connectivity index (χ4v) is 5.64. The van der Waals surface area contributed by atoms with Gasteiger partial charge in [-0.1, -0.05) is 11.8 Å². The first-order valence-corrected chi connectivity index (χ1v) is 13.6. The molecule has 3 rings (SSSR count). The fourth-order valence-electron chi connectivity index (χ4n) is 2.68. The Bertz CT molecular complexity index is 1180. The largest absolute Gasteiger partial charge is 0.485 e. The summed E-state index contributed by atoms with van der Waals surface area (Å²) in [7, 11) is -16.5. The van der Waals surface area contributed by atoms with Crippen molar-refractivity contribution < 1.29 is 56.5 Å². The van der Waals surface area contributed by atoms with Crippen LogP contribution in [0.5, 0.6) is 0 Å². The Hall–Kier alpha value is -0.905. The third-order valence-electron chi connectivity index (χ3n) is 3.95. The number of aliphatic hydroxyl groups is 2. The first kappa shape index (κ1) is 26.7. The highest BCUT2D eigenvalue weighted by Crippen LogP contribution is 2.66. The average molecular weight is 550 g/mol. The summed E-state index contributed by atoms with van der Waals surface area (Å²) in [4.78, 5) is 39.0. The molecule has 1 aliphatic rings. The minimum absolute atomic E-state index is 0.0972. The molecule has 3 heterocycles. The van der Waals surface area contributed by atoms with Crippen LogP contribution in [-0.2, 0) is 31.6 Å². The predicted molar refractivity (Wildman–Crippen MR) is 115 cm³/mol. The lowest BCUT2D eigenvalue weighted by Gasteiger charge is -2.24. The number of nitrogens with two attached hydrogens (primary N) is 1. The summed E-state index contributed by atoms with van der Waals surface area (Å²) in [5.41, 5.74) is 6.33. The normalized spacial score (nSPS) is 27.5. The van der Waals surface area contributed by atoms with Crippen LogP contribution >= 0.6 is 34.9 Å². The van der Waals surface area contributed by atoms with Gasteiger partial charge in [-0.25, -0.2) is 28.4 Å². The Morgan fingerprint density at radius 3 is 2.48 bits per heavy atom. The lowest BCUT2D eigenvalue weighted by Crippen LogP contribution is -2.33. The zero-order valence-electron chi connectivity index (χ0n) is 15.8. The summed E-state index contributed by atoms with van der Waals surface area (Å²) in [5.74, 6) is 0.0972. The number of thioether (sulfide) groups is 1. The van der Waals surface area contributed by atoms with Crippen molar-refractivity contribution in [3.05, 3.63) is 6.33 Å². The highest BCUT2D eigenvalue weighted by molar-refractivity contribution is 7.98. The number of rotatable bonds is 9. The Labute approximate surface area is 190 Å². The Morgan fingerprint density at radius 1 is 1.21 bits per heavy atom. The maximum atomic E-state index is 12.4. The molecular weight excluding hydrogens is 530 g/mol. The highest BCUT2D eigenvalue weighted by Gasteiger charge is 2.45. The number of imidazole rings is 1. The van der Waals surface area contributed by atoms with E-state index in [0.717, 1.165) is 0 Å². The minimum atomic E-state index is -5.41. The van der Waals surface area contributed by atoms with E-state index in [-0.39, 0.29) is 17.0 Å². The first-order chi connectivity index (χ1) is 15.1. The molecule has 0 spiro atoms. The zero-order valence-corrected chi connectivity index (χ0v) is 19.3. The number of aromatic nitrogens is 4. The number of ether oxygens (including phenoxy) is 1. The van der Waals surface area contributed by atoms with Crippen LogP contribution in [0.1, 0.15) is 6.23 Å². The van der Waals surface area contributed by atoms with Crippen molar-refractivity contribution in [2.45, 2.75) is 29.7 Å². The molecule has 0 aliphatic carbocycles.